The van der Waals surface area contributed by atoms with E-state index in [0.717, 1.165) is 44.8 Å². The molecule has 2 heterocycles. The van der Waals surface area contributed by atoms with Crippen LogP contribution >= 0.6 is 0 Å². The highest BCUT2D eigenvalue weighted by atomic mass is 16.1. The molecule has 0 saturated carbocycles. The predicted molar refractivity (Wildman–Crippen MR) is 111 cm³/mol. The standard InChI is InChI=1S/C23H29N3O/c27-23(13-17-25-16-12-19-6-2-3-7-20(19)18-25)24-21-8-10-22(11-9-21)26-14-4-1-5-15-26/h2-3,6-11H,1,4-5,12-18H2,(H,24,27). The first-order chi connectivity index (χ1) is 13.3. The third kappa shape index (κ3) is 4.69. The summed E-state index contributed by atoms with van der Waals surface area (Å²) >= 11 is 0. The second kappa shape index (κ2) is 8.57. The molecule has 0 spiro atoms. The summed E-state index contributed by atoms with van der Waals surface area (Å²) in [5, 5.41) is 3.05. The van der Waals surface area contributed by atoms with Gasteiger partial charge in [-0.3, -0.25) is 9.69 Å². The minimum atomic E-state index is 0.0968. The van der Waals surface area contributed by atoms with Gasteiger partial charge in [-0.15, -0.1) is 0 Å². The Bertz CT molecular complexity index is 765. The Labute approximate surface area is 162 Å². The van der Waals surface area contributed by atoms with E-state index in [1.807, 2.05) is 12.1 Å². The Morgan fingerprint density at radius 2 is 1.63 bits per heavy atom. The van der Waals surface area contributed by atoms with Crippen molar-refractivity contribution in [2.45, 2.75) is 38.6 Å². The number of amides is 1. The van der Waals surface area contributed by atoms with E-state index in [4.69, 9.17) is 0 Å². The van der Waals surface area contributed by atoms with Crippen molar-refractivity contribution < 1.29 is 4.79 Å². The van der Waals surface area contributed by atoms with Gasteiger partial charge in [-0.2, -0.15) is 0 Å². The lowest BCUT2D eigenvalue weighted by Gasteiger charge is -2.29. The second-order valence-electron chi connectivity index (χ2n) is 7.69. The predicted octanol–water partition coefficient (Wildman–Crippen LogP) is 4.06. The van der Waals surface area contributed by atoms with Crippen LogP contribution in [0.15, 0.2) is 48.5 Å². The van der Waals surface area contributed by atoms with Gasteiger partial charge in [0, 0.05) is 50.5 Å². The Morgan fingerprint density at radius 3 is 2.41 bits per heavy atom. The van der Waals surface area contributed by atoms with Gasteiger partial charge in [0.15, 0.2) is 0 Å². The number of hydrogen-bond donors (Lipinski definition) is 1. The minimum Gasteiger partial charge on any atom is -0.372 e. The Kier molecular flexibility index (Phi) is 5.73. The number of benzene rings is 2. The van der Waals surface area contributed by atoms with E-state index in [2.05, 4.69) is 51.5 Å². The highest BCUT2D eigenvalue weighted by Crippen LogP contribution is 2.22. The number of carbonyl (C=O) groups is 1. The molecule has 2 aliphatic heterocycles. The zero-order valence-electron chi connectivity index (χ0n) is 16.0. The van der Waals surface area contributed by atoms with Gasteiger partial charge >= 0.3 is 0 Å². The van der Waals surface area contributed by atoms with Crippen molar-refractivity contribution in [1.29, 1.82) is 0 Å². The smallest absolute Gasteiger partial charge is 0.225 e. The molecule has 2 aromatic carbocycles. The first-order valence-electron chi connectivity index (χ1n) is 10.2. The number of fused-ring (bicyclic) bond motifs is 1. The average Bonchev–Trinajstić information content (AvgIpc) is 2.73. The van der Waals surface area contributed by atoms with Crippen LogP contribution < -0.4 is 10.2 Å². The summed E-state index contributed by atoms with van der Waals surface area (Å²) in [5.74, 6) is 0.0968. The lowest BCUT2D eigenvalue weighted by atomic mass is 10.00. The molecule has 2 aliphatic rings. The fourth-order valence-electron chi connectivity index (χ4n) is 4.14. The first-order valence-corrected chi connectivity index (χ1v) is 10.2. The molecule has 4 nitrogen and oxygen atoms in total. The van der Waals surface area contributed by atoms with Crippen molar-refractivity contribution in [2.75, 3.05) is 36.4 Å². The Balaban J connectivity index is 1.25. The molecule has 27 heavy (non-hydrogen) atoms. The van der Waals surface area contributed by atoms with E-state index >= 15 is 0 Å². The molecular weight excluding hydrogens is 334 g/mol. The number of anilines is 2. The van der Waals surface area contributed by atoms with Crippen molar-refractivity contribution in [3.8, 4) is 0 Å². The van der Waals surface area contributed by atoms with Gasteiger partial charge in [0.25, 0.3) is 0 Å². The fraction of sp³-hybridized carbons (Fsp3) is 0.435. The van der Waals surface area contributed by atoms with Crippen LogP contribution in [-0.4, -0.2) is 37.0 Å². The molecule has 1 N–H and O–H groups in total. The maximum atomic E-state index is 12.3. The van der Waals surface area contributed by atoms with Crippen molar-refractivity contribution in [2.24, 2.45) is 0 Å². The van der Waals surface area contributed by atoms with Gasteiger partial charge < -0.3 is 10.2 Å². The molecule has 2 aromatic rings. The van der Waals surface area contributed by atoms with E-state index in [-0.39, 0.29) is 5.91 Å². The summed E-state index contributed by atoms with van der Waals surface area (Å²) in [6.45, 7) is 5.09. The van der Waals surface area contributed by atoms with Gasteiger partial charge in [-0.25, -0.2) is 0 Å². The van der Waals surface area contributed by atoms with Crippen LogP contribution in [0.25, 0.3) is 0 Å². The van der Waals surface area contributed by atoms with Gasteiger partial charge in [-0.05, 0) is 61.1 Å². The summed E-state index contributed by atoms with van der Waals surface area (Å²) in [6.07, 6.45) is 5.51. The first kappa shape index (κ1) is 18.1. The van der Waals surface area contributed by atoms with Crippen molar-refractivity contribution >= 4 is 17.3 Å². The highest BCUT2D eigenvalue weighted by Gasteiger charge is 2.16. The van der Waals surface area contributed by atoms with Crippen LogP contribution in [0.1, 0.15) is 36.8 Å². The third-order valence-electron chi connectivity index (χ3n) is 5.74. The van der Waals surface area contributed by atoms with Crippen LogP contribution in [0.2, 0.25) is 0 Å². The maximum Gasteiger partial charge on any atom is 0.225 e. The van der Waals surface area contributed by atoms with Gasteiger partial charge in [-0.1, -0.05) is 24.3 Å². The van der Waals surface area contributed by atoms with Crippen molar-refractivity contribution in [3.63, 3.8) is 0 Å². The molecule has 4 rings (SSSR count). The monoisotopic (exact) mass is 363 g/mol. The van der Waals surface area contributed by atoms with Crippen LogP contribution in [-0.2, 0) is 17.8 Å². The van der Waals surface area contributed by atoms with E-state index in [9.17, 15) is 4.79 Å². The highest BCUT2D eigenvalue weighted by molar-refractivity contribution is 5.91. The summed E-state index contributed by atoms with van der Waals surface area (Å²) in [5.41, 5.74) is 5.01. The fourth-order valence-corrected chi connectivity index (χ4v) is 4.14. The molecule has 4 heteroatoms. The number of rotatable bonds is 5. The minimum absolute atomic E-state index is 0.0968. The zero-order valence-corrected chi connectivity index (χ0v) is 16.0. The van der Waals surface area contributed by atoms with Gasteiger partial charge in [0.2, 0.25) is 5.91 Å². The lowest BCUT2D eigenvalue weighted by molar-refractivity contribution is -0.116. The van der Waals surface area contributed by atoms with Crippen LogP contribution in [0, 0.1) is 0 Å². The van der Waals surface area contributed by atoms with E-state index in [0.29, 0.717) is 6.42 Å². The molecule has 1 saturated heterocycles. The van der Waals surface area contributed by atoms with E-state index < -0.39 is 0 Å². The van der Waals surface area contributed by atoms with Crippen LogP contribution in [0.4, 0.5) is 11.4 Å². The molecule has 0 bridgehead atoms. The Morgan fingerprint density at radius 1 is 0.889 bits per heavy atom. The number of hydrogen-bond acceptors (Lipinski definition) is 3. The zero-order chi connectivity index (χ0) is 18.5. The number of piperidine rings is 1. The lowest BCUT2D eigenvalue weighted by Crippen LogP contribution is -2.33. The third-order valence-corrected chi connectivity index (χ3v) is 5.74. The molecule has 0 aliphatic carbocycles. The molecule has 0 aromatic heterocycles. The topological polar surface area (TPSA) is 35.6 Å². The maximum absolute atomic E-state index is 12.3. The number of nitrogens with one attached hydrogen (secondary N) is 1. The SMILES string of the molecule is O=C(CCN1CCc2ccccc2C1)Nc1ccc(N2CCCCC2)cc1. The summed E-state index contributed by atoms with van der Waals surface area (Å²) < 4.78 is 0. The van der Waals surface area contributed by atoms with Gasteiger partial charge in [0.05, 0.1) is 0 Å². The molecule has 0 atom stereocenters. The average molecular weight is 364 g/mol. The van der Waals surface area contributed by atoms with E-state index in [1.165, 1.54) is 36.1 Å². The molecule has 1 amide bonds. The summed E-state index contributed by atoms with van der Waals surface area (Å²) in [7, 11) is 0. The molecule has 1 fully saturated rings. The number of carbonyl (C=O) groups excluding carboxylic acids is 1. The quantitative estimate of drug-likeness (QED) is 0.870. The largest absolute Gasteiger partial charge is 0.372 e. The van der Waals surface area contributed by atoms with Crippen LogP contribution in [0.3, 0.4) is 0 Å². The Hall–Kier alpha value is -2.33. The summed E-state index contributed by atoms with van der Waals surface area (Å²) in [6, 6.07) is 16.9. The molecule has 0 unspecified atom stereocenters. The van der Waals surface area contributed by atoms with E-state index in [1.54, 1.807) is 0 Å². The van der Waals surface area contributed by atoms with Gasteiger partial charge in [0.1, 0.15) is 0 Å². The van der Waals surface area contributed by atoms with Crippen molar-refractivity contribution in [3.05, 3.63) is 59.7 Å². The molecule has 0 radical (unpaired) electrons. The van der Waals surface area contributed by atoms with Crippen LogP contribution in [0.5, 0.6) is 0 Å². The second-order valence-corrected chi connectivity index (χ2v) is 7.69. The van der Waals surface area contributed by atoms with Crippen molar-refractivity contribution in [1.82, 2.24) is 4.90 Å². The summed E-state index contributed by atoms with van der Waals surface area (Å²) in [4.78, 5) is 17.1. The molecular formula is C23H29N3O. The normalized spacial score (nSPS) is 17.4. The number of nitrogens with zero attached hydrogens (tertiary/aromatic N) is 2. The molecule has 142 valence electrons.